The maximum absolute atomic E-state index is 12.7. The first-order valence-electron chi connectivity index (χ1n) is 8.69. The van der Waals surface area contributed by atoms with Gasteiger partial charge in [0.05, 0.1) is 12.0 Å². The van der Waals surface area contributed by atoms with Crippen molar-refractivity contribution in [1.29, 1.82) is 0 Å². The van der Waals surface area contributed by atoms with Crippen molar-refractivity contribution >= 4 is 28.6 Å². The van der Waals surface area contributed by atoms with Gasteiger partial charge in [0.25, 0.3) is 0 Å². The fourth-order valence-corrected chi connectivity index (χ4v) is 4.84. The molecule has 1 N–H and O–H groups in total. The number of carbonyl (C=O) groups is 1. The van der Waals surface area contributed by atoms with E-state index in [1.54, 1.807) is 38.1 Å². The van der Waals surface area contributed by atoms with Crippen molar-refractivity contribution in [2.24, 2.45) is 0 Å². The Morgan fingerprint density at radius 1 is 1.11 bits per heavy atom. The van der Waals surface area contributed by atoms with E-state index >= 15 is 0 Å². The van der Waals surface area contributed by atoms with E-state index in [0.717, 1.165) is 11.1 Å². The fourth-order valence-electron chi connectivity index (χ4n) is 2.96. The van der Waals surface area contributed by atoms with Crippen LogP contribution < -0.4 is 9.46 Å². The first kappa shape index (κ1) is 22.3. The molecule has 0 amide bonds. The molecule has 0 heterocycles. The molecule has 0 radical (unpaired) electrons. The van der Waals surface area contributed by atoms with E-state index in [9.17, 15) is 13.2 Å². The van der Waals surface area contributed by atoms with Gasteiger partial charge in [-0.05, 0) is 49.6 Å². The Balaban J connectivity index is 2.03. The Hall–Kier alpha value is -2.03. The molecule has 0 fully saturated rings. The molecule has 6 nitrogen and oxygen atoms in total. The average molecular weight is 424 g/mol. The summed E-state index contributed by atoms with van der Waals surface area (Å²) >= 11 is 4.50. The lowest BCUT2D eigenvalue weighted by atomic mass is 10.1. The van der Waals surface area contributed by atoms with E-state index in [0.29, 0.717) is 21.8 Å². The third kappa shape index (κ3) is 5.73. The number of esters is 1. The number of nitrogens with one attached hydrogen (secondary N) is 1. The Kier molecular flexibility index (Phi) is 7.51. The number of benzene rings is 2. The first-order chi connectivity index (χ1) is 13.1. The van der Waals surface area contributed by atoms with Gasteiger partial charge in [-0.25, -0.2) is 17.9 Å². The van der Waals surface area contributed by atoms with Crippen LogP contribution in [0.15, 0.2) is 41.3 Å². The molecule has 0 aliphatic heterocycles. The highest BCUT2D eigenvalue weighted by atomic mass is 32.2. The summed E-state index contributed by atoms with van der Waals surface area (Å²) in [6.07, 6.45) is 0. The van der Waals surface area contributed by atoms with Crippen LogP contribution in [0.4, 0.5) is 0 Å². The summed E-state index contributed by atoms with van der Waals surface area (Å²) in [5.41, 5.74) is 3.28. The minimum atomic E-state index is -3.65. The van der Waals surface area contributed by atoms with Gasteiger partial charge in [-0.2, -0.15) is 12.6 Å². The quantitative estimate of drug-likeness (QED) is 0.504. The largest absolute Gasteiger partial charge is 0.482 e. The van der Waals surface area contributed by atoms with Gasteiger partial charge in [0, 0.05) is 11.8 Å². The lowest BCUT2D eigenvalue weighted by molar-refractivity contribution is -0.142. The van der Waals surface area contributed by atoms with Crippen molar-refractivity contribution in [1.82, 2.24) is 4.72 Å². The van der Waals surface area contributed by atoms with E-state index < -0.39 is 16.0 Å². The number of sulfonamides is 1. The topological polar surface area (TPSA) is 81.7 Å². The van der Waals surface area contributed by atoms with E-state index in [4.69, 9.17) is 4.74 Å². The Morgan fingerprint density at radius 2 is 1.68 bits per heavy atom. The molecule has 0 saturated heterocycles. The summed E-state index contributed by atoms with van der Waals surface area (Å²) in [5, 5.41) is -0.338. The van der Waals surface area contributed by atoms with Crippen LogP contribution in [0.25, 0.3) is 0 Å². The zero-order valence-electron chi connectivity index (χ0n) is 16.4. The Labute approximate surface area is 171 Å². The van der Waals surface area contributed by atoms with Crippen LogP contribution in [0, 0.1) is 20.8 Å². The number of hydrogen-bond acceptors (Lipinski definition) is 6. The predicted octanol–water partition coefficient (Wildman–Crippen LogP) is 3.11. The van der Waals surface area contributed by atoms with Crippen LogP contribution in [0.2, 0.25) is 0 Å². The number of rotatable bonds is 8. The molecule has 28 heavy (non-hydrogen) atoms. The second-order valence-electron chi connectivity index (χ2n) is 6.53. The average Bonchev–Trinajstić information content (AvgIpc) is 2.63. The van der Waals surface area contributed by atoms with E-state index in [-0.39, 0.29) is 18.4 Å². The molecule has 0 aromatic heterocycles. The maximum Gasteiger partial charge on any atom is 0.343 e. The Morgan fingerprint density at radius 3 is 2.21 bits per heavy atom. The summed E-state index contributed by atoms with van der Waals surface area (Å²) in [7, 11) is -2.35. The second kappa shape index (κ2) is 9.45. The first-order valence-corrected chi connectivity index (χ1v) is 10.7. The van der Waals surface area contributed by atoms with Crippen molar-refractivity contribution in [3.05, 3.63) is 58.7 Å². The molecule has 1 unspecified atom stereocenters. The van der Waals surface area contributed by atoms with Gasteiger partial charge in [0.2, 0.25) is 10.0 Å². The monoisotopic (exact) mass is 423 g/mol. The third-order valence-corrected chi connectivity index (χ3v) is 6.40. The molecule has 2 aromatic rings. The third-order valence-electron chi connectivity index (χ3n) is 4.19. The number of thiol groups is 1. The molecule has 1 atom stereocenters. The Bertz CT molecular complexity index is 917. The lowest BCUT2D eigenvalue weighted by Gasteiger charge is -2.16. The molecular formula is C20H25NO5S2. The zero-order valence-corrected chi connectivity index (χ0v) is 18.1. The van der Waals surface area contributed by atoms with Crippen LogP contribution in [0.1, 0.15) is 27.5 Å². The van der Waals surface area contributed by atoms with Gasteiger partial charge in [-0.3, -0.25) is 0 Å². The smallest absolute Gasteiger partial charge is 0.343 e. The van der Waals surface area contributed by atoms with Crippen molar-refractivity contribution in [2.45, 2.75) is 30.9 Å². The molecule has 0 spiro atoms. The molecular weight excluding hydrogens is 398 g/mol. The van der Waals surface area contributed by atoms with Crippen molar-refractivity contribution in [3.63, 3.8) is 0 Å². The number of aryl methyl sites for hydroxylation is 3. The van der Waals surface area contributed by atoms with Gasteiger partial charge < -0.3 is 9.47 Å². The van der Waals surface area contributed by atoms with E-state index in [2.05, 4.69) is 22.1 Å². The molecule has 0 aliphatic rings. The van der Waals surface area contributed by atoms with Gasteiger partial charge >= 0.3 is 5.97 Å². The number of hydrogen-bond donors (Lipinski definition) is 2. The van der Waals surface area contributed by atoms with Gasteiger partial charge in [0.1, 0.15) is 5.75 Å². The number of methoxy groups -OCH3 is 1. The van der Waals surface area contributed by atoms with Crippen molar-refractivity contribution in [3.8, 4) is 5.75 Å². The predicted molar refractivity (Wildman–Crippen MR) is 112 cm³/mol. The summed E-state index contributed by atoms with van der Waals surface area (Å²) in [4.78, 5) is 11.4. The van der Waals surface area contributed by atoms with Crippen LogP contribution in [-0.2, 0) is 19.6 Å². The number of ether oxygens (including phenoxy) is 2. The highest BCUT2D eigenvalue weighted by Gasteiger charge is 2.21. The standard InChI is InChI=1S/C20H25NO5S2/c1-13-9-14(2)20(15(3)10-13)28(23,24)21-11-18(27)16-5-7-17(8-6-16)26-12-19(22)25-4/h5-10,18,21,27H,11-12H2,1-4H3. The summed E-state index contributed by atoms with van der Waals surface area (Å²) < 4.78 is 37.9. The second-order valence-corrected chi connectivity index (χ2v) is 8.86. The van der Waals surface area contributed by atoms with Crippen LogP contribution in [0.5, 0.6) is 5.75 Å². The zero-order chi connectivity index (χ0) is 20.9. The minimum absolute atomic E-state index is 0.139. The van der Waals surface area contributed by atoms with Gasteiger partial charge in [-0.1, -0.05) is 29.8 Å². The summed E-state index contributed by atoms with van der Waals surface area (Å²) in [5.74, 6) is 0.0495. The SMILES string of the molecule is COC(=O)COc1ccc(C(S)CNS(=O)(=O)c2c(C)cc(C)cc2C)cc1. The van der Waals surface area contributed by atoms with E-state index in [1.165, 1.54) is 7.11 Å². The molecule has 152 valence electrons. The molecule has 2 aromatic carbocycles. The molecule has 0 bridgehead atoms. The highest BCUT2D eigenvalue weighted by molar-refractivity contribution is 7.89. The lowest BCUT2D eigenvalue weighted by Crippen LogP contribution is -2.28. The van der Waals surface area contributed by atoms with E-state index in [1.807, 2.05) is 19.1 Å². The molecule has 0 saturated carbocycles. The number of carbonyl (C=O) groups excluding carboxylic acids is 1. The van der Waals surface area contributed by atoms with Crippen LogP contribution in [-0.4, -0.2) is 34.6 Å². The molecule has 8 heteroatoms. The fraction of sp³-hybridized carbons (Fsp3) is 0.350. The van der Waals surface area contributed by atoms with Crippen molar-refractivity contribution < 1.29 is 22.7 Å². The maximum atomic E-state index is 12.7. The molecule has 0 aliphatic carbocycles. The van der Waals surface area contributed by atoms with Crippen molar-refractivity contribution in [2.75, 3.05) is 20.3 Å². The van der Waals surface area contributed by atoms with Gasteiger partial charge in [-0.15, -0.1) is 0 Å². The molecule has 2 rings (SSSR count). The van der Waals surface area contributed by atoms with Crippen LogP contribution >= 0.6 is 12.6 Å². The normalized spacial score (nSPS) is 12.5. The summed E-state index contributed by atoms with van der Waals surface area (Å²) in [6.45, 7) is 5.49. The highest BCUT2D eigenvalue weighted by Crippen LogP contribution is 2.25. The summed E-state index contributed by atoms with van der Waals surface area (Å²) in [6, 6.07) is 10.7. The van der Waals surface area contributed by atoms with Gasteiger partial charge in [0.15, 0.2) is 6.61 Å². The van der Waals surface area contributed by atoms with Crippen LogP contribution in [0.3, 0.4) is 0 Å². The minimum Gasteiger partial charge on any atom is -0.482 e.